The van der Waals surface area contributed by atoms with E-state index < -0.39 is 0 Å². The minimum absolute atomic E-state index is 0.581. The Morgan fingerprint density at radius 2 is 1.77 bits per heavy atom. The van der Waals surface area contributed by atoms with Crippen molar-refractivity contribution in [1.82, 2.24) is 14.6 Å². The number of hydrogen-bond donors (Lipinski definition) is 1. The summed E-state index contributed by atoms with van der Waals surface area (Å²) in [7, 11) is 2.07. The fourth-order valence-corrected chi connectivity index (χ4v) is 3.76. The quantitative estimate of drug-likeness (QED) is 0.579. The van der Waals surface area contributed by atoms with Gasteiger partial charge in [-0.15, -0.1) is 0 Å². The molecule has 5 heteroatoms. The first-order chi connectivity index (χ1) is 12.8. The van der Waals surface area contributed by atoms with Crippen molar-refractivity contribution in [1.29, 1.82) is 0 Å². The Balaban J connectivity index is 1.46. The number of oxazole rings is 1. The van der Waals surface area contributed by atoms with E-state index in [0.29, 0.717) is 6.01 Å². The second kappa shape index (κ2) is 6.18. The Labute approximate surface area is 152 Å². The van der Waals surface area contributed by atoms with Crippen LogP contribution in [0.15, 0.2) is 53.1 Å². The molecule has 0 atom stereocenters. The standard InChI is InChI=1S/C21H22N4O/c1-24-12-9-17-13-15(5-7-19(17)24)16-6-8-20-18(14-16)22-21(26-20)23-25-10-3-2-4-11-25/h5-9,12-14H,2-4,10-11H2,1H3,(H,22,23). The van der Waals surface area contributed by atoms with E-state index in [0.717, 1.165) is 29.8 Å². The van der Waals surface area contributed by atoms with E-state index in [1.807, 2.05) is 6.07 Å². The van der Waals surface area contributed by atoms with Crippen LogP contribution in [0.3, 0.4) is 0 Å². The van der Waals surface area contributed by atoms with Crippen LogP contribution < -0.4 is 5.43 Å². The molecule has 2 aromatic carbocycles. The van der Waals surface area contributed by atoms with Gasteiger partial charge in [0.05, 0.1) is 0 Å². The number of anilines is 1. The maximum Gasteiger partial charge on any atom is 0.310 e. The van der Waals surface area contributed by atoms with Gasteiger partial charge in [0, 0.05) is 37.2 Å². The number of benzene rings is 2. The molecule has 1 aliphatic heterocycles. The molecule has 0 aliphatic carbocycles. The largest absolute Gasteiger partial charge is 0.423 e. The van der Waals surface area contributed by atoms with E-state index in [9.17, 15) is 0 Å². The van der Waals surface area contributed by atoms with Gasteiger partial charge in [-0.2, -0.15) is 4.98 Å². The normalized spacial score (nSPS) is 15.7. The van der Waals surface area contributed by atoms with Gasteiger partial charge in [-0.05, 0) is 54.3 Å². The smallest absolute Gasteiger partial charge is 0.310 e. The average Bonchev–Trinajstić information content (AvgIpc) is 3.24. The van der Waals surface area contributed by atoms with Crippen molar-refractivity contribution in [2.75, 3.05) is 18.5 Å². The number of rotatable bonds is 3. The van der Waals surface area contributed by atoms with E-state index in [1.54, 1.807) is 0 Å². The molecule has 0 saturated carbocycles. The minimum atomic E-state index is 0.581. The molecule has 26 heavy (non-hydrogen) atoms. The highest BCUT2D eigenvalue weighted by atomic mass is 16.4. The van der Waals surface area contributed by atoms with Gasteiger partial charge in [0.1, 0.15) is 5.52 Å². The highest BCUT2D eigenvalue weighted by Crippen LogP contribution is 2.29. The summed E-state index contributed by atoms with van der Waals surface area (Å²) in [4.78, 5) is 4.64. The van der Waals surface area contributed by atoms with Gasteiger partial charge in [0.15, 0.2) is 5.58 Å². The van der Waals surface area contributed by atoms with Gasteiger partial charge >= 0.3 is 6.01 Å². The van der Waals surface area contributed by atoms with Crippen molar-refractivity contribution in [3.05, 3.63) is 48.7 Å². The monoisotopic (exact) mass is 346 g/mol. The van der Waals surface area contributed by atoms with E-state index >= 15 is 0 Å². The maximum atomic E-state index is 5.87. The Bertz CT molecular complexity index is 1070. The van der Waals surface area contributed by atoms with Crippen molar-refractivity contribution in [2.24, 2.45) is 7.05 Å². The molecule has 1 fully saturated rings. The van der Waals surface area contributed by atoms with Crippen molar-refractivity contribution < 1.29 is 4.42 Å². The lowest BCUT2D eigenvalue weighted by atomic mass is 10.0. The minimum Gasteiger partial charge on any atom is -0.423 e. The lowest BCUT2D eigenvalue weighted by molar-refractivity contribution is 0.265. The molecule has 0 bridgehead atoms. The third-order valence-electron chi connectivity index (χ3n) is 5.22. The van der Waals surface area contributed by atoms with Crippen LogP contribution in [0.2, 0.25) is 0 Å². The summed E-state index contributed by atoms with van der Waals surface area (Å²) >= 11 is 0. The first-order valence-electron chi connectivity index (χ1n) is 9.24. The van der Waals surface area contributed by atoms with Crippen molar-refractivity contribution in [2.45, 2.75) is 19.3 Å². The lowest BCUT2D eigenvalue weighted by Crippen LogP contribution is -2.34. The van der Waals surface area contributed by atoms with Crippen LogP contribution in [-0.2, 0) is 7.05 Å². The van der Waals surface area contributed by atoms with Crippen molar-refractivity contribution in [3.63, 3.8) is 0 Å². The molecule has 4 aromatic rings. The third kappa shape index (κ3) is 2.74. The van der Waals surface area contributed by atoms with Crippen LogP contribution in [0.4, 0.5) is 6.01 Å². The van der Waals surface area contributed by atoms with Gasteiger partial charge in [-0.1, -0.05) is 18.6 Å². The molecule has 5 nitrogen and oxygen atoms in total. The van der Waals surface area contributed by atoms with Crippen LogP contribution in [-0.4, -0.2) is 27.6 Å². The van der Waals surface area contributed by atoms with Gasteiger partial charge in [-0.25, -0.2) is 5.01 Å². The van der Waals surface area contributed by atoms with Crippen LogP contribution >= 0.6 is 0 Å². The van der Waals surface area contributed by atoms with E-state index in [1.165, 1.54) is 35.7 Å². The summed E-state index contributed by atoms with van der Waals surface area (Å²) in [5.74, 6) is 0. The molecule has 1 saturated heterocycles. The molecule has 0 radical (unpaired) electrons. The van der Waals surface area contributed by atoms with Gasteiger partial charge in [-0.3, -0.25) is 5.43 Å². The SMILES string of the molecule is Cn1ccc2cc(-c3ccc4oc(NN5CCCCC5)nc4c3)ccc21. The maximum absolute atomic E-state index is 5.87. The van der Waals surface area contributed by atoms with E-state index in [4.69, 9.17) is 4.42 Å². The second-order valence-corrected chi connectivity index (χ2v) is 7.06. The van der Waals surface area contributed by atoms with Crippen LogP contribution in [0.1, 0.15) is 19.3 Å². The summed E-state index contributed by atoms with van der Waals surface area (Å²) in [6, 6.07) is 15.5. The molecule has 1 aliphatic rings. The zero-order valence-electron chi connectivity index (χ0n) is 14.9. The number of hydrogen-bond acceptors (Lipinski definition) is 4. The van der Waals surface area contributed by atoms with E-state index in [-0.39, 0.29) is 0 Å². The molecule has 5 rings (SSSR count). The third-order valence-corrected chi connectivity index (χ3v) is 5.22. The first kappa shape index (κ1) is 15.5. The van der Waals surface area contributed by atoms with Crippen LogP contribution in [0.5, 0.6) is 0 Å². The number of hydrazine groups is 1. The second-order valence-electron chi connectivity index (χ2n) is 7.06. The van der Waals surface area contributed by atoms with Crippen LogP contribution in [0, 0.1) is 0 Å². The number of aromatic nitrogens is 2. The molecule has 0 spiro atoms. The highest BCUT2D eigenvalue weighted by molar-refractivity contribution is 5.88. The van der Waals surface area contributed by atoms with Gasteiger partial charge < -0.3 is 8.98 Å². The number of aryl methyl sites for hydroxylation is 1. The number of nitrogens with zero attached hydrogens (tertiary/aromatic N) is 3. The zero-order chi connectivity index (χ0) is 17.5. The molecule has 0 unspecified atom stereocenters. The van der Waals surface area contributed by atoms with Crippen molar-refractivity contribution in [3.8, 4) is 11.1 Å². The van der Waals surface area contributed by atoms with Gasteiger partial charge in [0.25, 0.3) is 0 Å². The molecule has 2 aromatic heterocycles. The fraction of sp³-hybridized carbons (Fsp3) is 0.286. The molecule has 3 heterocycles. The number of nitrogens with one attached hydrogen (secondary N) is 1. The molecule has 0 amide bonds. The fourth-order valence-electron chi connectivity index (χ4n) is 3.76. The van der Waals surface area contributed by atoms with E-state index in [2.05, 4.69) is 69.6 Å². The molecule has 132 valence electrons. The highest BCUT2D eigenvalue weighted by Gasteiger charge is 2.14. The first-order valence-corrected chi connectivity index (χ1v) is 9.24. The predicted octanol–water partition coefficient (Wildman–Crippen LogP) is 4.80. The lowest BCUT2D eigenvalue weighted by Gasteiger charge is -2.25. The summed E-state index contributed by atoms with van der Waals surface area (Å²) in [5.41, 5.74) is 8.60. The number of fused-ring (bicyclic) bond motifs is 2. The Kier molecular flexibility index (Phi) is 3.68. The Morgan fingerprint density at radius 1 is 0.962 bits per heavy atom. The number of piperidine rings is 1. The van der Waals surface area contributed by atoms with Crippen LogP contribution in [0.25, 0.3) is 33.1 Å². The van der Waals surface area contributed by atoms with Gasteiger partial charge in [0.2, 0.25) is 0 Å². The van der Waals surface area contributed by atoms with Crippen molar-refractivity contribution >= 4 is 28.0 Å². The molecule has 1 N–H and O–H groups in total. The zero-order valence-corrected chi connectivity index (χ0v) is 14.9. The Hall–Kier alpha value is -2.79. The molecular formula is C21H22N4O. The predicted molar refractivity (Wildman–Crippen MR) is 105 cm³/mol. The summed E-state index contributed by atoms with van der Waals surface area (Å²) in [6.07, 6.45) is 5.84. The summed E-state index contributed by atoms with van der Waals surface area (Å²) in [5, 5.41) is 3.44. The summed E-state index contributed by atoms with van der Waals surface area (Å²) < 4.78 is 8.01. The average molecular weight is 346 g/mol. The Morgan fingerprint density at radius 3 is 2.65 bits per heavy atom. The topological polar surface area (TPSA) is 46.2 Å². The summed E-state index contributed by atoms with van der Waals surface area (Å²) in [6.45, 7) is 2.09. The molecular weight excluding hydrogens is 324 g/mol.